The SMILES string of the molecule is CC(C)CC(CC(C)C)Nc1cnn(CC2CCCO2)c1. The molecule has 2 heterocycles. The first-order chi connectivity index (χ1) is 10.0. The number of anilines is 1. The molecule has 2 rings (SSSR count). The number of rotatable bonds is 8. The smallest absolute Gasteiger partial charge is 0.0771 e. The van der Waals surface area contributed by atoms with Gasteiger partial charge < -0.3 is 10.1 Å². The quantitative estimate of drug-likeness (QED) is 0.789. The van der Waals surface area contributed by atoms with Gasteiger partial charge in [-0.3, -0.25) is 4.68 Å². The molecule has 1 aromatic heterocycles. The third-order valence-electron chi connectivity index (χ3n) is 3.93. The van der Waals surface area contributed by atoms with Crippen LogP contribution in [0.5, 0.6) is 0 Å². The average Bonchev–Trinajstić information content (AvgIpc) is 3.00. The van der Waals surface area contributed by atoms with Crippen molar-refractivity contribution in [2.45, 2.75) is 72.1 Å². The molecule has 120 valence electrons. The minimum absolute atomic E-state index is 0.347. The van der Waals surface area contributed by atoms with Crippen LogP contribution in [0.1, 0.15) is 53.4 Å². The van der Waals surface area contributed by atoms with Gasteiger partial charge in [-0.05, 0) is 37.5 Å². The third-order valence-corrected chi connectivity index (χ3v) is 3.93. The molecule has 0 aliphatic carbocycles. The zero-order valence-corrected chi connectivity index (χ0v) is 14.0. The average molecular weight is 293 g/mol. The molecule has 0 aromatic carbocycles. The molecular weight excluding hydrogens is 262 g/mol. The standard InChI is InChI=1S/C17H31N3O/c1-13(2)8-15(9-14(3)4)19-16-10-18-20(11-16)12-17-6-5-7-21-17/h10-11,13-15,17,19H,5-9,12H2,1-4H3. The Bertz CT molecular complexity index is 398. The van der Waals surface area contributed by atoms with Gasteiger partial charge in [-0.2, -0.15) is 5.10 Å². The Kier molecular flexibility index (Phi) is 6.09. The normalized spacial score (nSPS) is 19.1. The number of ether oxygens (including phenoxy) is 1. The minimum Gasteiger partial charge on any atom is -0.380 e. The van der Waals surface area contributed by atoms with E-state index in [0.29, 0.717) is 24.0 Å². The van der Waals surface area contributed by atoms with Crippen molar-refractivity contribution >= 4 is 5.69 Å². The lowest BCUT2D eigenvalue weighted by atomic mass is 9.95. The molecule has 0 radical (unpaired) electrons. The van der Waals surface area contributed by atoms with Gasteiger partial charge in [0.15, 0.2) is 0 Å². The summed E-state index contributed by atoms with van der Waals surface area (Å²) in [5.41, 5.74) is 1.14. The Labute approximate surface area is 129 Å². The van der Waals surface area contributed by atoms with Crippen molar-refractivity contribution in [2.24, 2.45) is 11.8 Å². The van der Waals surface area contributed by atoms with E-state index < -0.39 is 0 Å². The number of nitrogens with zero attached hydrogens (tertiary/aromatic N) is 2. The minimum atomic E-state index is 0.347. The van der Waals surface area contributed by atoms with Crippen LogP contribution >= 0.6 is 0 Å². The van der Waals surface area contributed by atoms with Crippen molar-refractivity contribution in [1.82, 2.24) is 9.78 Å². The van der Waals surface area contributed by atoms with E-state index in [9.17, 15) is 0 Å². The summed E-state index contributed by atoms with van der Waals surface area (Å²) in [6, 6.07) is 0.533. The molecule has 4 heteroatoms. The Balaban J connectivity index is 1.88. The number of hydrogen-bond donors (Lipinski definition) is 1. The van der Waals surface area contributed by atoms with E-state index in [-0.39, 0.29) is 0 Å². The van der Waals surface area contributed by atoms with Gasteiger partial charge in [0.1, 0.15) is 0 Å². The molecule has 1 aromatic rings. The Hall–Kier alpha value is -1.03. The third kappa shape index (κ3) is 5.70. The van der Waals surface area contributed by atoms with Crippen LogP contribution in [-0.2, 0) is 11.3 Å². The van der Waals surface area contributed by atoms with Crippen LogP contribution in [0, 0.1) is 11.8 Å². The fourth-order valence-corrected chi connectivity index (χ4v) is 3.12. The summed E-state index contributed by atoms with van der Waals surface area (Å²) in [6.45, 7) is 10.9. The van der Waals surface area contributed by atoms with Crippen LogP contribution in [0.3, 0.4) is 0 Å². The lowest BCUT2D eigenvalue weighted by molar-refractivity contribution is 0.0940. The van der Waals surface area contributed by atoms with Crippen molar-refractivity contribution in [3.63, 3.8) is 0 Å². The Morgan fingerprint density at radius 3 is 2.57 bits per heavy atom. The fraction of sp³-hybridized carbons (Fsp3) is 0.824. The van der Waals surface area contributed by atoms with Crippen LogP contribution in [0.4, 0.5) is 5.69 Å². The lowest BCUT2D eigenvalue weighted by Gasteiger charge is -2.22. The molecule has 4 nitrogen and oxygen atoms in total. The van der Waals surface area contributed by atoms with Crippen molar-refractivity contribution < 1.29 is 4.74 Å². The molecule has 1 N–H and O–H groups in total. The van der Waals surface area contributed by atoms with Gasteiger partial charge in [0, 0.05) is 18.8 Å². The maximum absolute atomic E-state index is 5.67. The van der Waals surface area contributed by atoms with Gasteiger partial charge >= 0.3 is 0 Å². The number of aromatic nitrogens is 2. The van der Waals surface area contributed by atoms with E-state index in [1.54, 1.807) is 0 Å². The van der Waals surface area contributed by atoms with E-state index in [1.165, 1.54) is 19.3 Å². The predicted molar refractivity (Wildman–Crippen MR) is 87.5 cm³/mol. The largest absolute Gasteiger partial charge is 0.380 e. The maximum Gasteiger partial charge on any atom is 0.0771 e. The van der Waals surface area contributed by atoms with Gasteiger partial charge in [0.05, 0.1) is 24.5 Å². The summed E-state index contributed by atoms with van der Waals surface area (Å²) >= 11 is 0. The van der Waals surface area contributed by atoms with Gasteiger partial charge in [0.25, 0.3) is 0 Å². The lowest BCUT2D eigenvalue weighted by Crippen LogP contribution is -2.23. The second kappa shape index (κ2) is 7.83. The highest BCUT2D eigenvalue weighted by Crippen LogP contribution is 2.19. The molecule has 0 bridgehead atoms. The highest BCUT2D eigenvalue weighted by molar-refractivity contribution is 5.39. The summed E-state index contributed by atoms with van der Waals surface area (Å²) in [5.74, 6) is 1.42. The summed E-state index contributed by atoms with van der Waals surface area (Å²) < 4.78 is 7.69. The van der Waals surface area contributed by atoms with Crippen molar-refractivity contribution in [3.8, 4) is 0 Å². The second-order valence-electron chi connectivity index (χ2n) is 7.19. The van der Waals surface area contributed by atoms with Gasteiger partial charge in [0.2, 0.25) is 0 Å². The van der Waals surface area contributed by atoms with E-state index in [0.717, 1.165) is 25.3 Å². The molecular formula is C17H31N3O. The molecule has 1 aliphatic rings. The second-order valence-corrected chi connectivity index (χ2v) is 7.19. The summed E-state index contributed by atoms with van der Waals surface area (Å²) in [5, 5.41) is 8.13. The molecule has 1 saturated heterocycles. The Morgan fingerprint density at radius 2 is 2.00 bits per heavy atom. The zero-order chi connectivity index (χ0) is 15.2. The maximum atomic E-state index is 5.67. The van der Waals surface area contributed by atoms with Crippen LogP contribution < -0.4 is 5.32 Å². The molecule has 1 fully saturated rings. The van der Waals surface area contributed by atoms with E-state index in [1.807, 2.05) is 10.9 Å². The Morgan fingerprint density at radius 1 is 1.29 bits per heavy atom. The fourth-order valence-electron chi connectivity index (χ4n) is 3.12. The van der Waals surface area contributed by atoms with Crippen LogP contribution in [-0.4, -0.2) is 28.5 Å². The molecule has 0 amide bonds. The monoisotopic (exact) mass is 293 g/mol. The van der Waals surface area contributed by atoms with Crippen molar-refractivity contribution in [3.05, 3.63) is 12.4 Å². The predicted octanol–water partition coefficient (Wildman–Crippen LogP) is 3.93. The highest BCUT2D eigenvalue weighted by atomic mass is 16.5. The first-order valence-electron chi connectivity index (χ1n) is 8.43. The molecule has 1 aliphatic heterocycles. The highest BCUT2D eigenvalue weighted by Gasteiger charge is 2.17. The first kappa shape index (κ1) is 16.3. The van der Waals surface area contributed by atoms with E-state index >= 15 is 0 Å². The van der Waals surface area contributed by atoms with Crippen LogP contribution in [0.15, 0.2) is 12.4 Å². The van der Waals surface area contributed by atoms with E-state index in [4.69, 9.17) is 4.74 Å². The van der Waals surface area contributed by atoms with Crippen molar-refractivity contribution in [2.75, 3.05) is 11.9 Å². The number of hydrogen-bond acceptors (Lipinski definition) is 3. The molecule has 1 atom stereocenters. The van der Waals surface area contributed by atoms with E-state index in [2.05, 4.69) is 44.3 Å². The molecule has 1 unspecified atom stereocenters. The molecule has 0 saturated carbocycles. The van der Waals surface area contributed by atoms with Crippen LogP contribution in [0.2, 0.25) is 0 Å². The first-order valence-corrected chi connectivity index (χ1v) is 8.43. The molecule has 21 heavy (non-hydrogen) atoms. The summed E-state index contributed by atoms with van der Waals surface area (Å²) in [4.78, 5) is 0. The number of nitrogens with one attached hydrogen (secondary N) is 1. The summed E-state index contributed by atoms with van der Waals surface area (Å²) in [7, 11) is 0. The van der Waals surface area contributed by atoms with Gasteiger partial charge in [-0.1, -0.05) is 27.7 Å². The van der Waals surface area contributed by atoms with Gasteiger partial charge in [-0.25, -0.2) is 0 Å². The van der Waals surface area contributed by atoms with Gasteiger partial charge in [-0.15, -0.1) is 0 Å². The zero-order valence-electron chi connectivity index (χ0n) is 14.0. The molecule has 0 spiro atoms. The topological polar surface area (TPSA) is 39.1 Å². The van der Waals surface area contributed by atoms with Crippen molar-refractivity contribution in [1.29, 1.82) is 0 Å². The van der Waals surface area contributed by atoms with Crippen LogP contribution in [0.25, 0.3) is 0 Å². The summed E-state index contributed by atoms with van der Waals surface area (Å²) in [6.07, 6.45) is 9.16.